The summed E-state index contributed by atoms with van der Waals surface area (Å²) in [5, 5.41) is 3.25. The predicted octanol–water partition coefficient (Wildman–Crippen LogP) is 0.833. The van der Waals surface area contributed by atoms with Gasteiger partial charge < -0.3 is 20.4 Å². The molecule has 3 N–H and O–H groups in total. The Morgan fingerprint density at radius 3 is 2.74 bits per heavy atom. The fourth-order valence-electron chi connectivity index (χ4n) is 1.57. The molecular weight excluding hydrogens is 246 g/mol. The predicted molar refractivity (Wildman–Crippen MR) is 71.7 cm³/mol. The molecule has 0 aliphatic carbocycles. The first-order valence-corrected chi connectivity index (χ1v) is 5.75. The molecule has 0 atom stereocenters. The second-order valence-corrected chi connectivity index (χ2v) is 4.38. The molecule has 6 nitrogen and oxygen atoms in total. The molecule has 2 aromatic rings. The zero-order valence-corrected chi connectivity index (χ0v) is 10.8. The molecule has 0 unspecified atom stereocenters. The van der Waals surface area contributed by atoms with Gasteiger partial charge in [-0.05, 0) is 24.3 Å². The molecule has 0 saturated carbocycles. The van der Waals surface area contributed by atoms with Gasteiger partial charge in [0, 0.05) is 25.2 Å². The summed E-state index contributed by atoms with van der Waals surface area (Å²) in [6.45, 7) is -0.0645. The molecule has 2 amide bonds. The topological polar surface area (TPSA) is 88.6 Å². The van der Waals surface area contributed by atoms with Gasteiger partial charge in [0.1, 0.15) is 5.58 Å². The van der Waals surface area contributed by atoms with E-state index in [9.17, 15) is 9.59 Å². The lowest BCUT2D eigenvalue weighted by molar-refractivity contribution is -0.127. The first-order chi connectivity index (χ1) is 8.97. The highest BCUT2D eigenvalue weighted by molar-refractivity contribution is 5.98. The van der Waals surface area contributed by atoms with Crippen LogP contribution in [0.3, 0.4) is 0 Å². The molecule has 0 saturated heterocycles. The largest absolute Gasteiger partial charge is 0.451 e. The highest BCUT2D eigenvalue weighted by atomic mass is 16.3. The van der Waals surface area contributed by atoms with Gasteiger partial charge in [-0.15, -0.1) is 0 Å². The van der Waals surface area contributed by atoms with Crippen molar-refractivity contribution in [3.63, 3.8) is 0 Å². The van der Waals surface area contributed by atoms with Crippen LogP contribution in [0.1, 0.15) is 10.6 Å². The number of fused-ring (bicyclic) bond motifs is 1. The van der Waals surface area contributed by atoms with Crippen LogP contribution in [0.4, 0.5) is 5.69 Å². The maximum atomic E-state index is 11.8. The maximum Gasteiger partial charge on any atom is 0.287 e. The second-order valence-electron chi connectivity index (χ2n) is 4.38. The quantitative estimate of drug-likeness (QED) is 0.801. The molecule has 0 aliphatic rings. The zero-order chi connectivity index (χ0) is 14.0. The Balaban J connectivity index is 2.11. The van der Waals surface area contributed by atoms with E-state index in [2.05, 4.69) is 5.32 Å². The molecule has 0 aliphatic heterocycles. The highest BCUT2D eigenvalue weighted by Gasteiger charge is 2.14. The molecule has 0 radical (unpaired) electrons. The number of carbonyl (C=O) groups is 2. The normalized spacial score (nSPS) is 10.4. The number of nitrogens with zero attached hydrogens (tertiary/aromatic N) is 1. The third-order valence-electron chi connectivity index (χ3n) is 2.66. The van der Waals surface area contributed by atoms with E-state index < -0.39 is 5.91 Å². The van der Waals surface area contributed by atoms with Crippen molar-refractivity contribution in [1.29, 1.82) is 0 Å². The SMILES string of the molecule is CN(C)C(=O)CNC(=O)c1cc2cc(N)ccc2o1. The molecule has 1 aromatic heterocycles. The number of hydrogen-bond acceptors (Lipinski definition) is 4. The van der Waals surface area contributed by atoms with Gasteiger partial charge in [-0.2, -0.15) is 0 Å². The van der Waals surface area contributed by atoms with E-state index in [0.29, 0.717) is 11.3 Å². The van der Waals surface area contributed by atoms with Gasteiger partial charge in [0.15, 0.2) is 5.76 Å². The second kappa shape index (κ2) is 5.01. The van der Waals surface area contributed by atoms with Crippen LogP contribution in [0.15, 0.2) is 28.7 Å². The van der Waals surface area contributed by atoms with Crippen LogP contribution < -0.4 is 11.1 Å². The number of hydrogen-bond donors (Lipinski definition) is 2. The molecule has 0 bridgehead atoms. The van der Waals surface area contributed by atoms with E-state index in [0.717, 1.165) is 5.39 Å². The van der Waals surface area contributed by atoms with E-state index in [1.807, 2.05) is 0 Å². The molecule has 1 aromatic carbocycles. The van der Waals surface area contributed by atoms with Gasteiger partial charge in [-0.3, -0.25) is 9.59 Å². The highest BCUT2D eigenvalue weighted by Crippen LogP contribution is 2.21. The lowest BCUT2D eigenvalue weighted by Gasteiger charge is -2.09. The van der Waals surface area contributed by atoms with Crippen molar-refractivity contribution >= 4 is 28.5 Å². The molecule has 6 heteroatoms. The molecular formula is C13H15N3O3. The molecule has 19 heavy (non-hydrogen) atoms. The third kappa shape index (κ3) is 2.85. The Hall–Kier alpha value is -2.50. The van der Waals surface area contributed by atoms with Crippen LogP contribution in [0.2, 0.25) is 0 Å². The first kappa shape index (κ1) is 12.9. The van der Waals surface area contributed by atoms with Gasteiger partial charge >= 0.3 is 0 Å². The molecule has 1 heterocycles. The Bertz CT molecular complexity index is 631. The van der Waals surface area contributed by atoms with E-state index in [1.165, 1.54) is 4.90 Å². The van der Waals surface area contributed by atoms with E-state index >= 15 is 0 Å². The summed E-state index contributed by atoms with van der Waals surface area (Å²) in [5.41, 5.74) is 6.83. The summed E-state index contributed by atoms with van der Waals surface area (Å²) >= 11 is 0. The average molecular weight is 261 g/mol. The van der Waals surface area contributed by atoms with E-state index in [-0.39, 0.29) is 18.2 Å². The Morgan fingerprint density at radius 2 is 2.05 bits per heavy atom. The lowest BCUT2D eigenvalue weighted by atomic mass is 10.2. The van der Waals surface area contributed by atoms with Crippen molar-refractivity contribution in [3.05, 3.63) is 30.0 Å². The Morgan fingerprint density at radius 1 is 1.32 bits per heavy atom. The Kier molecular flexibility index (Phi) is 3.41. The molecule has 0 spiro atoms. The van der Waals surface area contributed by atoms with Gasteiger partial charge in [0.25, 0.3) is 5.91 Å². The van der Waals surface area contributed by atoms with Crippen molar-refractivity contribution in [2.24, 2.45) is 0 Å². The van der Waals surface area contributed by atoms with Gasteiger partial charge in [0.05, 0.1) is 6.54 Å². The number of carbonyl (C=O) groups excluding carboxylic acids is 2. The number of nitrogen functional groups attached to an aromatic ring is 1. The number of benzene rings is 1. The standard InChI is InChI=1S/C13H15N3O3/c1-16(2)12(17)7-15-13(18)11-6-8-5-9(14)3-4-10(8)19-11/h3-6H,7,14H2,1-2H3,(H,15,18). The number of likely N-dealkylation sites (N-methyl/N-ethyl adjacent to an activating group) is 1. The molecule has 100 valence electrons. The van der Waals surface area contributed by atoms with Gasteiger partial charge in [-0.1, -0.05) is 0 Å². The smallest absolute Gasteiger partial charge is 0.287 e. The minimum Gasteiger partial charge on any atom is -0.451 e. The number of nitrogens with two attached hydrogens (primary N) is 1. The first-order valence-electron chi connectivity index (χ1n) is 5.75. The average Bonchev–Trinajstić information content (AvgIpc) is 2.78. The van der Waals surface area contributed by atoms with Crippen LogP contribution >= 0.6 is 0 Å². The maximum absolute atomic E-state index is 11.8. The van der Waals surface area contributed by atoms with Gasteiger partial charge in [-0.25, -0.2) is 0 Å². The summed E-state index contributed by atoms with van der Waals surface area (Å²) in [6, 6.07) is 6.72. The zero-order valence-electron chi connectivity index (χ0n) is 10.8. The van der Waals surface area contributed by atoms with Crippen molar-refractivity contribution in [2.75, 3.05) is 26.4 Å². The van der Waals surface area contributed by atoms with Crippen LogP contribution in [-0.2, 0) is 4.79 Å². The molecule has 0 fully saturated rings. The fourth-order valence-corrected chi connectivity index (χ4v) is 1.57. The Labute approximate surface area is 110 Å². The minimum atomic E-state index is -0.426. The molecule has 2 rings (SSSR count). The third-order valence-corrected chi connectivity index (χ3v) is 2.66. The number of furan rings is 1. The monoisotopic (exact) mass is 261 g/mol. The van der Waals surface area contributed by atoms with Crippen molar-refractivity contribution < 1.29 is 14.0 Å². The van der Waals surface area contributed by atoms with Crippen LogP contribution in [0.5, 0.6) is 0 Å². The number of rotatable bonds is 3. The number of anilines is 1. The summed E-state index contributed by atoms with van der Waals surface area (Å²) in [7, 11) is 3.25. The minimum absolute atomic E-state index is 0.0645. The summed E-state index contributed by atoms with van der Waals surface area (Å²) in [4.78, 5) is 24.6. The van der Waals surface area contributed by atoms with Crippen molar-refractivity contribution in [1.82, 2.24) is 10.2 Å². The van der Waals surface area contributed by atoms with Crippen LogP contribution in [0.25, 0.3) is 11.0 Å². The van der Waals surface area contributed by atoms with E-state index in [4.69, 9.17) is 10.2 Å². The summed E-state index contributed by atoms with van der Waals surface area (Å²) < 4.78 is 5.39. The fraction of sp³-hybridized carbons (Fsp3) is 0.231. The van der Waals surface area contributed by atoms with Crippen molar-refractivity contribution in [3.8, 4) is 0 Å². The summed E-state index contributed by atoms with van der Waals surface area (Å²) in [6.07, 6.45) is 0. The van der Waals surface area contributed by atoms with Crippen LogP contribution in [-0.4, -0.2) is 37.4 Å². The lowest BCUT2D eigenvalue weighted by Crippen LogP contribution is -2.36. The number of nitrogens with one attached hydrogen (secondary N) is 1. The van der Waals surface area contributed by atoms with Crippen LogP contribution in [0, 0.1) is 0 Å². The number of amides is 2. The van der Waals surface area contributed by atoms with E-state index in [1.54, 1.807) is 38.4 Å². The van der Waals surface area contributed by atoms with Crippen molar-refractivity contribution in [2.45, 2.75) is 0 Å². The van der Waals surface area contributed by atoms with Gasteiger partial charge in [0.2, 0.25) is 5.91 Å². The summed E-state index contributed by atoms with van der Waals surface area (Å²) in [5.74, 6) is -0.453.